The highest BCUT2D eigenvalue weighted by Crippen LogP contribution is 2.38. The van der Waals surface area contributed by atoms with Crippen LogP contribution in [0.3, 0.4) is 0 Å². The number of benzene rings is 2. The maximum atomic E-state index is 12.8. The van der Waals surface area contributed by atoms with Gasteiger partial charge in [0.1, 0.15) is 23.9 Å². The molecule has 0 radical (unpaired) electrons. The molecule has 30 heavy (non-hydrogen) atoms. The van der Waals surface area contributed by atoms with Gasteiger partial charge >= 0.3 is 0 Å². The highest BCUT2D eigenvalue weighted by molar-refractivity contribution is 7.11. The highest BCUT2D eigenvalue weighted by atomic mass is 32.1. The molecule has 4 rings (SSSR count). The number of thiazole rings is 1. The maximum Gasteiger partial charge on any atom is 0.267 e. The summed E-state index contributed by atoms with van der Waals surface area (Å²) in [4.78, 5) is 20.4. The third-order valence-corrected chi connectivity index (χ3v) is 5.87. The maximum absolute atomic E-state index is 12.8. The summed E-state index contributed by atoms with van der Waals surface area (Å²) in [7, 11) is 1.63. The van der Waals surface area contributed by atoms with Crippen LogP contribution >= 0.6 is 11.3 Å². The second-order valence-corrected chi connectivity index (χ2v) is 8.50. The van der Waals surface area contributed by atoms with E-state index in [1.165, 1.54) is 0 Å². The predicted octanol–water partition coefficient (Wildman–Crippen LogP) is 4.63. The summed E-state index contributed by atoms with van der Waals surface area (Å²) in [6.07, 6.45) is -0.535. The molecular formula is C23H24N2O4S. The van der Waals surface area contributed by atoms with Gasteiger partial charge in [-0.2, -0.15) is 0 Å². The lowest BCUT2D eigenvalue weighted by atomic mass is 10.1. The van der Waals surface area contributed by atoms with Crippen molar-refractivity contribution in [3.8, 4) is 28.5 Å². The second-order valence-electron chi connectivity index (χ2n) is 7.09. The Morgan fingerprint density at radius 3 is 2.53 bits per heavy atom. The van der Waals surface area contributed by atoms with Crippen LogP contribution in [0.15, 0.2) is 42.5 Å². The van der Waals surface area contributed by atoms with Crippen molar-refractivity contribution < 1.29 is 19.0 Å². The number of ether oxygens (including phenoxy) is 3. The van der Waals surface area contributed by atoms with Gasteiger partial charge < -0.3 is 19.1 Å². The average Bonchev–Trinajstić information content (AvgIpc) is 3.09. The minimum Gasteiger partial charge on any atom is -0.497 e. The third kappa shape index (κ3) is 3.98. The molecule has 0 aliphatic carbocycles. The molecule has 156 valence electrons. The van der Waals surface area contributed by atoms with E-state index in [1.807, 2.05) is 49.4 Å². The molecule has 0 saturated heterocycles. The first kappa shape index (κ1) is 20.2. The van der Waals surface area contributed by atoms with Crippen LogP contribution < -0.4 is 19.1 Å². The Labute approximate surface area is 180 Å². The van der Waals surface area contributed by atoms with E-state index in [4.69, 9.17) is 14.2 Å². The first-order chi connectivity index (χ1) is 14.5. The van der Waals surface area contributed by atoms with Crippen molar-refractivity contribution in [2.75, 3.05) is 25.2 Å². The normalized spacial score (nSPS) is 15.5. The molecule has 1 aromatic heterocycles. The number of methoxy groups -OCH3 is 1. The standard InChI is InChI=1S/C23H24N2O4S/c1-14-23(26)25(11-12-28-19-8-6-18(27-4)7-9-19)20-13-17(5-10-21(20)29-14)22-15(2)30-16(3)24-22/h5-10,13-14H,11-12H2,1-4H3. The Morgan fingerprint density at radius 1 is 1.13 bits per heavy atom. The van der Waals surface area contributed by atoms with Gasteiger partial charge in [0.25, 0.3) is 5.91 Å². The number of amides is 1. The zero-order chi connectivity index (χ0) is 21.3. The van der Waals surface area contributed by atoms with Crippen molar-refractivity contribution >= 4 is 22.9 Å². The number of hydrogen-bond donors (Lipinski definition) is 0. The van der Waals surface area contributed by atoms with Gasteiger partial charge in [-0.25, -0.2) is 4.98 Å². The number of carbonyl (C=O) groups is 1. The molecule has 1 aliphatic rings. The quantitative estimate of drug-likeness (QED) is 0.577. The lowest BCUT2D eigenvalue weighted by Crippen LogP contribution is -2.46. The van der Waals surface area contributed by atoms with E-state index in [0.717, 1.165) is 38.3 Å². The van der Waals surface area contributed by atoms with E-state index in [0.29, 0.717) is 18.9 Å². The van der Waals surface area contributed by atoms with Crippen molar-refractivity contribution in [1.82, 2.24) is 4.98 Å². The average molecular weight is 425 g/mol. The van der Waals surface area contributed by atoms with E-state index in [-0.39, 0.29) is 5.91 Å². The van der Waals surface area contributed by atoms with Crippen LogP contribution in [-0.2, 0) is 4.79 Å². The van der Waals surface area contributed by atoms with Gasteiger partial charge in [-0.05, 0) is 63.2 Å². The summed E-state index contributed by atoms with van der Waals surface area (Å²) in [5.74, 6) is 2.12. The van der Waals surface area contributed by atoms with Gasteiger partial charge in [0.2, 0.25) is 0 Å². The monoisotopic (exact) mass is 424 g/mol. The zero-order valence-electron chi connectivity index (χ0n) is 17.5. The summed E-state index contributed by atoms with van der Waals surface area (Å²) in [6.45, 7) is 6.61. The van der Waals surface area contributed by atoms with Gasteiger partial charge in [-0.1, -0.05) is 0 Å². The van der Waals surface area contributed by atoms with Gasteiger partial charge in [-0.15, -0.1) is 11.3 Å². The largest absolute Gasteiger partial charge is 0.497 e. The SMILES string of the molecule is COc1ccc(OCCN2C(=O)C(C)Oc3ccc(-c4nc(C)sc4C)cc32)cc1. The van der Waals surface area contributed by atoms with Gasteiger partial charge in [0.05, 0.1) is 30.0 Å². The summed E-state index contributed by atoms with van der Waals surface area (Å²) in [5.41, 5.74) is 2.67. The van der Waals surface area contributed by atoms with Crippen LogP contribution in [0.1, 0.15) is 16.8 Å². The van der Waals surface area contributed by atoms with Crippen LogP contribution in [0.5, 0.6) is 17.2 Å². The second kappa shape index (κ2) is 8.36. The lowest BCUT2D eigenvalue weighted by molar-refractivity contribution is -0.125. The molecule has 0 bridgehead atoms. The smallest absolute Gasteiger partial charge is 0.267 e. The Kier molecular flexibility index (Phi) is 5.63. The topological polar surface area (TPSA) is 60.9 Å². The van der Waals surface area contributed by atoms with Crippen LogP contribution in [0.2, 0.25) is 0 Å². The number of aromatic nitrogens is 1. The molecule has 2 aromatic carbocycles. The predicted molar refractivity (Wildman–Crippen MR) is 118 cm³/mol. The molecule has 0 spiro atoms. The molecule has 2 heterocycles. The van der Waals surface area contributed by atoms with E-state index < -0.39 is 6.10 Å². The molecule has 0 saturated carbocycles. The molecule has 0 fully saturated rings. The van der Waals surface area contributed by atoms with Crippen molar-refractivity contribution in [3.63, 3.8) is 0 Å². The molecule has 7 heteroatoms. The van der Waals surface area contributed by atoms with Crippen LogP contribution in [0.25, 0.3) is 11.3 Å². The Balaban J connectivity index is 1.56. The number of anilines is 1. The van der Waals surface area contributed by atoms with Crippen molar-refractivity contribution in [2.24, 2.45) is 0 Å². The molecule has 6 nitrogen and oxygen atoms in total. The Morgan fingerprint density at radius 2 is 1.87 bits per heavy atom. The van der Waals surface area contributed by atoms with Gasteiger partial charge in [-0.3, -0.25) is 4.79 Å². The van der Waals surface area contributed by atoms with E-state index in [9.17, 15) is 4.79 Å². The number of fused-ring (bicyclic) bond motifs is 1. The summed E-state index contributed by atoms with van der Waals surface area (Å²) >= 11 is 1.67. The lowest BCUT2D eigenvalue weighted by Gasteiger charge is -2.33. The number of aryl methyl sites for hydroxylation is 2. The first-order valence-electron chi connectivity index (χ1n) is 9.79. The van der Waals surface area contributed by atoms with Crippen LogP contribution in [0.4, 0.5) is 5.69 Å². The summed E-state index contributed by atoms with van der Waals surface area (Å²) in [6, 6.07) is 13.3. The molecule has 1 atom stereocenters. The minimum atomic E-state index is -0.535. The van der Waals surface area contributed by atoms with Crippen LogP contribution in [0, 0.1) is 13.8 Å². The van der Waals surface area contributed by atoms with E-state index in [2.05, 4.69) is 11.9 Å². The fourth-order valence-electron chi connectivity index (χ4n) is 3.51. The molecular weight excluding hydrogens is 400 g/mol. The van der Waals surface area contributed by atoms with Crippen LogP contribution in [-0.4, -0.2) is 37.3 Å². The third-order valence-electron chi connectivity index (χ3n) is 4.99. The van der Waals surface area contributed by atoms with E-state index >= 15 is 0 Å². The van der Waals surface area contributed by atoms with Crippen molar-refractivity contribution in [2.45, 2.75) is 26.9 Å². The first-order valence-corrected chi connectivity index (χ1v) is 10.6. The number of rotatable bonds is 6. The molecule has 1 aliphatic heterocycles. The molecule has 1 unspecified atom stereocenters. The molecule has 3 aromatic rings. The Bertz CT molecular complexity index is 1060. The van der Waals surface area contributed by atoms with Gasteiger partial charge in [0, 0.05) is 10.4 Å². The van der Waals surface area contributed by atoms with Gasteiger partial charge in [0.15, 0.2) is 6.10 Å². The summed E-state index contributed by atoms with van der Waals surface area (Å²) in [5, 5.41) is 1.02. The molecule has 0 N–H and O–H groups in total. The fraction of sp³-hybridized carbons (Fsp3) is 0.304. The van der Waals surface area contributed by atoms with Crippen molar-refractivity contribution in [3.05, 3.63) is 52.3 Å². The highest BCUT2D eigenvalue weighted by Gasteiger charge is 2.32. The van der Waals surface area contributed by atoms with Crippen molar-refractivity contribution in [1.29, 1.82) is 0 Å². The Hall–Kier alpha value is -3.06. The molecule has 1 amide bonds. The number of carbonyl (C=O) groups excluding carboxylic acids is 1. The van der Waals surface area contributed by atoms with E-state index in [1.54, 1.807) is 30.3 Å². The number of nitrogens with zero attached hydrogens (tertiary/aromatic N) is 2. The minimum absolute atomic E-state index is 0.0795. The number of hydrogen-bond acceptors (Lipinski definition) is 6. The fourth-order valence-corrected chi connectivity index (χ4v) is 4.35. The zero-order valence-corrected chi connectivity index (χ0v) is 18.3. The summed E-state index contributed by atoms with van der Waals surface area (Å²) < 4.78 is 16.8.